The average molecular weight is 549 g/mol. The number of carbonyl (C=O) groups is 1. The van der Waals surface area contributed by atoms with Gasteiger partial charge in [-0.15, -0.1) is 11.3 Å². The van der Waals surface area contributed by atoms with Crippen LogP contribution in [-0.4, -0.2) is 63.7 Å². The van der Waals surface area contributed by atoms with Crippen LogP contribution in [0.2, 0.25) is 0 Å². The quantitative estimate of drug-likeness (QED) is 0.327. The number of nitrogens with one attached hydrogen (secondary N) is 1. The monoisotopic (exact) mass is 548 g/mol. The van der Waals surface area contributed by atoms with Crippen LogP contribution >= 0.6 is 11.3 Å². The molecule has 8 nitrogen and oxygen atoms in total. The number of halogens is 4. The molecule has 4 aromatic rings. The fraction of sp³-hybridized carbons (Fsp3) is 0.360. The van der Waals surface area contributed by atoms with Gasteiger partial charge in [-0.1, -0.05) is 17.3 Å². The van der Waals surface area contributed by atoms with E-state index in [4.69, 9.17) is 4.52 Å². The summed E-state index contributed by atoms with van der Waals surface area (Å²) in [5.41, 5.74) is 1.45. The van der Waals surface area contributed by atoms with Crippen LogP contribution in [-0.2, 0) is 13.1 Å². The Morgan fingerprint density at radius 1 is 1.29 bits per heavy atom. The van der Waals surface area contributed by atoms with E-state index in [2.05, 4.69) is 20.4 Å². The molecule has 0 unspecified atom stereocenters. The molecule has 1 fully saturated rings. The van der Waals surface area contributed by atoms with Crippen molar-refractivity contribution in [3.8, 4) is 11.6 Å². The highest BCUT2D eigenvalue weighted by atomic mass is 32.1. The number of hydrogen-bond donors (Lipinski definition) is 1. The fourth-order valence-corrected chi connectivity index (χ4v) is 5.06. The molecule has 0 saturated carbocycles. The van der Waals surface area contributed by atoms with Crippen molar-refractivity contribution in [1.82, 2.24) is 24.9 Å². The van der Waals surface area contributed by atoms with Gasteiger partial charge in [0.1, 0.15) is 18.4 Å². The maximum absolute atomic E-state index is 14.3. The Bertz CT molecular complexity index is 1460. The maximum atomic E-state index is 14.3. The lowest BCUT2D eigenvalue weighted by Crippen LogP contribution is -2.24. The standard InChI is InChI=1S/C25H24F4N6O2S/c1-34-8-7-16(10-15(26)13-34)31-18-4-2-5-19-17(18)11-20(35(19)14-25(27,28)29)24-32-22(33-37-24)12-30-23(36)21-6-3-9-38-21/h2-6,9,11,15H,7-8,10,12-14H2,1H3,(H,30,36)/t15-/m1/s1. The van der Waals surface area contributed by atoms with E-state index in [1.165, 1.54) is 17.4 Å². The molecule has 200 valence electrons. The van der Waals surface area contributed by atoms with Crippen LogP contribution in [0.4, 0.5) is 23.2 Å². The molecule has 0 spiro atoms. The number of amides is 1. The van der Waals surface area contributed by atoms with E-state index in [1.807, 2.05) is 11.9 Å². The molecular weight excluding hydrogens is 524 g/mol. The van der Waals surface area contributed by atoms with Crippen LogP contribution in [0.1, 0.15) is 28.3 Å². The second-order valence-corrected chi connectivity index (χ2v) is 10.1. The number of nitrogens with zero attached hydrogens (tertiary/aromatic N) is 5. The van der Waals surface area contributed by atoms with Crippen molar-refractivity contribution in [1.29, 1.82) is 0 Å². The Labute approximate surface area is 219 Å². The van der Waals surface area contributed by atoms with Crippen LogP contribution in [0.25, 0.3) is 22.5 Å². The smallest absolute Gasteiger partial charge is 0.344 e. The highest BCUT2D eigenvalue weighted by Crippen LogP contribution is 2.36. The summed E-state index contributed by atoms with van der Waals surface area (Å²) in [6.07, 6.45) is -4.86. The van der Waals surface area contributed by atoms with Crippen LogP contribution in [0.3, 0.4) is 0 Å². The molecule has 5 rings (SSSR count). The summed E-state index contributed by atoms with van der Waals surface area (Å²) in [5.74, 6) is -0.323. The van der Waals surface area contributed by atoms with E-state index >= 15 is 0 Å². The second kappa shape index (κ2) is 10.7. The van der Waals surface area contributed by atoms with Crippen molar-refractivity contribution >= 4 is 39.5 Å². The summed E-state index contributed by atoms with van der Waals surface area (Å²) in [6.45, 7) is -0.389. The molecular formula is C25H24F4N6O2S. The van der Waals surface area contributed by atoms with Gasteiger partial charge in [-0.2, -0.15) is 18.2 Å². The van der Waals surface area contributed by atoms with Crippen molar-refractivity contribution in [2.45, 2.75) is 38.3 Å². The molecule has 1 aromatic carbocycles. The van der Waals surface area contributed by atoms with Crippen LogP contribution < -0.4 is 5.32 Å². The number of aliphatic imine (C=N–C) groups is 1. The summed E-state index contributed by atoms with van der Waals surface area (Å²) >= 11 is 1.27. The number of thiophene rings is 1. The summed E-state index contributed by atoms with van der Waals surface area (Å²) < 4.78 is 61.4. The van der Waals surface area contributed by atoms with Crippen molar-refractivity contribution in [3.05, 3.63) is 52.5 Å². The van der Waals surface area contributed by atoms with Gasteiger partial charge in [0.05, 0.1) is 22.6 Å². The van der Waals surface area contributed by atoms with Crippen molar-refractivity contribution < 1.29 is 26.9 Å². The van der Waals surface area contributed by atoms with Gasteiger partial charge in [0.2, 0.25) is 0 Å². The van der Waals surface area contributed by atoms with Gasteiger partial charge in [0.25, 0.3) is 11.8 Å². The summed E-state index contributed by atoms with van der Waals surface area (Å²) in [5, 5.41) is 8.71. The summed E-state index contributed by atoms with van der Waals surface area (Å²) in [4.78, 5) is 23.5. The van der Waals surface area contributed by atoms with E-state index in [0.29, 0.717) is 41.2 Å². The third kappa shape index (κ3) is 5.94. The first-order chi connectivity index (χ1) is 18.2. The minimum Gasteiger partial charge on any atom is -0.344 e. The number of likely N-dealkylation sites (tertiary alicyclic amines) is 1. The zero-order valence-electron chi connectivity index (χ0n) is 20.3. The van der Waals surface area contributed by atoms with Crippen molar-refractivity contribution in [2.24, 2.45) is 4.99 Å². The molecule has 1 aliphatic rings. The lowest BCUT2D eigenvalue weighted by molar-refractivity contribution is -0.139. The first kappa shape index (κ1) is 26.0. The number of aromatic nitrogens is 3. The third-order valence-electron chi connectivity index (χ3n) is 6.13. The zero-order chi connectivity index (χ0) is 26.9. The molecule has 1 atom stereocenters. The molecule has 1 N–H and O–H groups in total. The minimum absolute atomic E-state index is 0.0581. The van der Waals surface area contributed by atoms with Gasteiger partial charge in [-0.3, -0.25) is 9.79 Å². The lowest BCUT2D eigenvalue weighted by atomic mass is 10.1. The average Bonchev–Trinajstić information content (AvgIpc) is 3.59. The molecule has 0 bridgehead atoms. The first-order valence-electron chi connectivity index (χ1n) is 11.9. The number of fused-ring (bicyclic) bond motifs is 1. The molecule has 1 aliphatic heterocycles. The number of rotatable bonds is 6. The zero-order valence-corrected chi connectivity index (χ0v) is 21.2. The van der Waals surface area contributed by atoms with Gasteiger partial charge in [0.15, 0.2) is 5.82 Å². The normalized spacial score (nSPS) is 18.2. The topological polar surface area (TPSA) is 88.6 Å². The van der Waals surface area contributed by atoms with Gasteiger partial charge in [-0.05, 0) is 43.1 Å². The van der Waals surface area contributed by atoms with Gasteiger partial charge in [-0.25, -0.2) is 4.39 Å². The number of carbonyl (C=O) groups excluding carboxylic acids is 1. The number of alkyl halides is 4. The lowest BCUT2D eigenvalue weighted by Gasteiger charge is -2.12. The fourth-order valence-electron chi connectivity index (χ4n) is 4.42. The SMILES string of the molecule is CN1CCC(=Nc2cccc3c2cc(-c2nc(CNC(=O)c4cccs4)no2)n3CC(F)(F)F)C[C@@H](F)C1. The molecule has 0 radical (unpaired) electrons. The first-order valence-corrected chi connectivity index (χ1v) is 12.8. The van der Waals surface area contributed by atoms with E-state index in [-0.39, 0.29) is 41.8 Å². The molecule has 4 heterocycles. The highest BCUT2D eigenvalue weighted by Gasteiger charge is 2.31. The van der Waals surface area contributed by atoms with Gasteiger partial charge < -0.3 is 19.3 Å². The molecule has 38 heavy (non-hydrogen) atoms. The van der Waals surface area contributed by atoms with Gasteiger partial charge in [0, 0.05) is 30.6 Å². The number of hydrogen-bond acceptors (Lipinski definition) is 7. The highest BCUT2D eigenvalue weighted by molar-refractivity contribution is 7.12. The Morgan fingerprint density at radius 3 is 2.89 bits per heavy atom. The minimum atomic E-state index is -4.52. The largest absolute Gasteiger partial charge is 0.406 e. The van der Waals surface area contributed by atoms with E-state index in [1.54, 1.807) is 35.7 Å². The van der Waals surface area contributed by atoms with Crippen molar-refractivity contribution in [3.63, 3.8) is 0 Å². The summed E-state index contributed by atoms with van der Waals surface area (Å²) in [7, 11) is 1.84. The Kier molecular flexibility index (Phi) is 7.30. The molecule has 1 amide bonds. The Hall–Kier alpha value is -3.58. The molecule has 13 heteroatoms. The predicted octanol–water partition coefficient (Wildman–Crippen LogP) is 5.38. The van der Waals surface area contributed by atoms with Crippen LogP contribution in [0.5, 0.6) is 0 Å². The third-order valence-corrected chi connectivity index (χ3v) is 7.00. The Balaban J connectivity index is 1.49. The molecule has 3 aromatic heterocycles. The summed E-state index contributed by atoms with van der Waals surface area (Å²) in [6, 6.07) is 9.81. The van der Waals surface area contributed by atoms with Crippen LogP contribution in [0, 0.1) is 0 Å². The van der Waals surface area contributed by atoms with Crippen LogP contribution in [0.15, 0.2) is 51.3 Å². The Morgan fingerprint density at radius 2 is 2.13 bits per heavy atom. The second-order valence-electron chi connectivity index (χ2n) is 9.11. The predicted molar refractivity (Wildman–Crippen MR) is 135 cm³/mol. The number of benzene rings is 1. The molecule has 1 saturated heterocycles. The maximum Gasteiger partial charge on any atom is 0.406 e. The molecule has 0 aliphatic carbocycles. The van der Waals surface area contributed by atoms with E-state index in [0.717, 1.165) is 4.57 Å². The van der Waals surface area contributed by atoms with E-state index < -0.39 is 18.9 Å². The van der Waals surface area contributed by atoms with Gasteiger partial charge >= 0.3 is 6.18 Å². The van der Waals surface area contributed by atoms with E-state index in [9.17, 15) is 22.4 Å². The van der Waals surface area contributed by atoms with Crippen molar-refractivity contribution in [2.75, 3.05) is 20.1 Å².